The van der Waals surface area contributed by atoms with Crippen LogP contribution in [-0.2, 0) is 0 Å². The van der Waals surface area contributed by atoms with Gasteiger partial charge in [-0.1, -0.05) is 0 Å². The molecule has 0 unspecified atom stereocenters. The van der Waals surface area contributed by atoms with Crippen LogP contribution in [0.25, 0.3) is 0 Å². The van der Waals surface area contributed by atoms with E-state index in [1.54, 1.807) is 6.07 Å². The lowest BCUT2D eigenvalue weighted by Gasteiger charge is -2.02. The van der Waals surface area contributed by atoms with Crippen molar-refractivity contribution >= 4 is 5.69 Å². The van der Waals surface area contributed by atoms with Gasteiger partial charge in [0.1, 0.15) is 5.75 Å². The average molecular weight is 158 g/mol. The molecule has 0 aromatic heterocycles. The van der Waals surface area contributed by atoms with Crippen LogP contribution >= 0.6 is 0 Å². The SMILES string of the molecule is Nc1cc[c]c(OC(F)F)c1. The van der Waals surface area contributed by atoms with E-state index in [0.717, 1.165) is 0 Å². The molecule has 0 fully saturated rings. The predicted molar refractivity (Wildman–Crippen MR) is 36.3 cm³/mol. The molecule has 0 atom stereocenters. The van der Waals surface area contributed by atoms with Gasteiger partial charge in [-0.05, 0) is 12.1 Å². The van der Waals surface area contributed by atoms with Crippen LogP contribution in [0.1, 0.15) is 0 Å². The molecular weight excluding hydrogens is 152 g/mol. The number of hydrogen-bond acceptors (Lipinski definition) is 2. The Balaban J connectivity index is 2.71. The summed E-state index contributed by atoms with van der Waals surface area (Å²) in [5.74, 6) is -0.0417. The second kappa shape index (κ2) is 3.18. The number of anilines is 1. The fraction of sp³-hybridized carbons (Fsp3) is 0.143. The summed E-state index contributed by atoms with van der Waals surface area (Å²) in [4.78, 5) is 0. The molecular formula is C7H6F2NO. The minimum Gasteiger partial charge on any atom is -0.434 e. The van der Waals surface area contributed by atoms with Crippen LogP contribution < -0.4 is 10.5 Å². The first kappa shape index (κ1) is 7.78. The van der Waals surface area contributed by atoms with Gasteiger partial charge in [-0.25, -0.2) is 0 Å². The van der Waals surface area contributed by atoms with Crippen molar-refractivity contribution < 1.29 is 13.5 Å². The van der Waals surface area contributed by atoms with Gasteiger partial charge in [0, 0.05) is 17.8 Å². The monoisotopic (exact) mass is 158 g/mol. The summed E-state index contributed by atoms with van der Waals surface area (Å²) in [5, 5.41) is 0. The lowest BCUT2D eigenvalue weighted by molar-refractivity contribution is -0.0499. The number of hydrogen-bond donors (Lipinski definition) is 1. The molecule has 0 spiro atoms. The first-order valence-corrected chi connectivity index (χ1v) is 2.90. The average Bonchev–Trinajstić information content (AvgIpc) is 1.85. The van der Waals surface area contributed by atoms with Crippen molar-refractivity contribution in [3.8, 4) is 5.75 Å². The number of nitrogen functional groups attached to an aromatic ring is 1. The topological polar surface area (TPSA) is 35.2 Å². The maximum atomic E-state index is 11.6. The fourth-order valence-electron chi connectivity index (χ4n) is 0.625. The van der Waals surface area contributed by atoms with Crippen LogP contribution in [0, 0.1) is 6.07 Å². The summed E-state index contributed by atoms with van der Waals surface area (Å²) in [5.41, 5.74) is 5.66. The van der Waals surface area contributed by atoms with Crippen molar-refractivity contribution in [2.45, 2.75) is 6.61 Å². The second-order valence-electron chi connectivity index (χ2n) is 1.86. The van der Waals surface area contributed by atoms with Crippen molar-refractivity contribution in [1.82, 2.24) is 0 Å². The zero-order valence-corrected chi connectivity index (χ0v) is 5.55. The molecule has 0 aliphatic carbocycles. The Morgan fingerprint density at radius 3 is 2.82 bits per heavy atom. The summed E-state index contributed by atoms with van der Waals surface area (Å²) in [6.45, 7) is -2.83. The Bertz CT molecular complexity index is 240. The second-order valence-corrected chi connectivity index (χ2v) is 1.86. The number of ether oxygens (including phenoxy) is 1. The van der Waals surface area contributed by atoms with Crippen LogP contribution in [0.3, 0.4) is 0 Å². The zero-order chi connectivity index (χ0) is 8.27. The van der Waals surface area contributed by atoms with Gasteiger partial charge in [-0.2, -0.15) is 8.78 Å². The first-order chi connectivity index (χ1) is 5.18. The van der Waals surface area contributed by atoms with Crippen molar-refractivity contribution in [3.05, 3.63) is 24.3 Å². The van der Waals surface area contributed by atoms with Crippen LogP contribution in [-0.4, -0.2) is 6.61 Å². The number of alkyl halides is 2. The van der Waals surface area contributed by atoms with Gasteiger partial charge >= 0.3 is 6.61 Å². The van der Waals surface area contributed by atoms with E-state index in [0.29, 0.717) is 5.69 Å². The largest absolute Gasteiger partial charge is 0.434 e. The summed E-state index contributed by atoms with van der Waals surface area (Å²) < 4.78 is 27.2. The fourth-order valence-corrected chi connectivity index (χ4v) is 0.625. The normalized spacial score (nSPS) is 10.1. The molecule has 0 bridgehead atoms. The molecule has 2 nitrogen and oxygen atoms in total. The summed E-state index contributed by atoms with van der Waals surface area (Å²) in [7, 11) is 0. The Kier molecular flexibility index (Phi) is 2.25. The third kappa shape index (κ3) is 2.41. The molecule has 59 valence electrons. The van der Waals surface area contributed by atoms with Crippen LogP contribution in [0.5, 0.6) is 5.75 Å². The molecule has 0 aliphatic rings. The Morgan fingerprint density at radius 2 is 2.27 bits per heavy atom. The third-order valence-corrected chi connectivity index (χ3v) is 1.02. The molecule has 1 aromatic rings. The molecule has 11 heavy (non-hydrogen) atoms. The van der Waals surface area contributed by atoms with E-state index in [2.05, 4.69) is 10.8 Å². The molecule has 0 amide bonds. The third-order valence-electron chi connectivity index (χ3n) is 1.02. The molecule has 0 saturated heterocycles. The Hall–Kier alpha value is -1.32. The molecule has 1 rings (SSSR count). The predicted octanol–water partition coefficient (Wildman–Crippen LogP) is 1.67. The van der Waals surface area contributed by atoms with Crippen molar-refractivity contribution in [1.29, 1.82) is 0 Å². The smallest absolute Gasteiger partial charge is 0.387 e. The highest BCUT2D eigenvalue weighted by Crippen LogP contribution is 2.15. The van der Waals surface area contributed by atoms with Gasteiger partial charge in [0.15, 0.2) is 0 Å². The van der Waals surface area contributed by atoms with Crippen molar-refractivity contribution in [2.75, 3.05) is 5.73 Å². The molecule has 0 saturated carbocycles. The van der Waals surface area contributed by atoms with Gasteiger partial charge in [0.05, 0.1) is 0 Å². The highest BCUT2D eigenvalue weighted by molar-refractivity contribution is 5.42. The maximum Gasteiger partial charge on any atom is 0.387 e. The number of rotatable bonds is 2. The molecule has 0 aliphatic heterocycles. The van der Waals surface area contributed by atoms with Crippen LogP contribution in [0.2, 0.25) is 0 Å². The lowest BCUT2D eigenvalue weighted by Crippen LogP contribution is -2.02. The van der Waals surface area contributed by atoms with Crippen LogP contribution in [0.15, 0.2) is 18.2 Å². The molecule has 1 radical (unpaired) electrons. The van der Waals surface area contributed by atoms with Crippen LogP contribution in [0.4, 0.5) is 14.5 Å². The minimum absolute atomic E-state index is 0.0417. The van der Waals surface area contributed by atoms with E-state index in [4.69, 9.17) is 5.73 Å². The van der Waals surface area contributed by atoms with Gasteiger partial charge in [0.25, 0.3) is 0 Å². The highest BCUT2D eigenvalue weighted by atomic mass is 19.3. The summed E-state index contributed by atoms with van der Waals surface area (Å²) in [6.07, 6.45) is 0. The van der Waals surface area contributed by atoms with Gasteiger partial charge in [-0.15, -0.1) is 0 Å². The Morgan fingerprint density at radius 1 is 1.55 bits per heavy atom. The number of nitrogens with two attached hydrogens (primary N) is 1. The van der Waals surface area contributed by atoms with E-state index >= 15 is 0 Å². The van der Waals surface area contributed by atoms with Crippen molar-refractivity contribution in [2.24, 2.45) is 0 Å². The Labute approximate surface area is 62.6 Å². The van der Waals surface area contributed by atoms with E-state index < -0.39 is 6.61 Å². The van der Waals surface area contributed by atoms with E-state index in [1.165, 1.54) is 12.1 Å². The lowest BCUT2D eigenvalue weighted by atomic mass is 10.3. The van der Waals surface area contributed by atoms with E-state index in [-0.39, 0.29) is 5.75 Å². The maximum absolute atomic E-state index is 11.6. The quantitative estimate of drug-likeness (QED) is 0.664. The molecule has 2 N–H and O–H groups in total. The molecule has 1 aromatic carbocycles. The van der Waals surface area contributed by atoms with E-state index in [9.17, 15) is 8.78 Å². The van der Waals surface area contributed by atoms with Gasteiger partial charge < -0.3 is 10.5 Å². The number of halogens is 2. The minimum atomic E-state index is -2.83. The van der Waals surface area contributed by atoms with Crippen molar-refractivity contribution in [3.63, 3.8) is 0 Å². The van der Waals surface area contributed by atoms with E-state index in [1.807, 2.05) is 0 Å². The summed E-state index contributed by atoms with van der Waals surface area (Å²) >= 11 is 0. The van der Waals surface area contributed by atoms with Gasteiger partial charge in [-0.3, -0.25) is 0 Å². The standard InChI is InChI=1S/C7H6F2NO/c8-7(9)11-6-3-1-2-5(10)4-6/h1-2,4,7H,10H2. The number of benzene rings is 1. The summed E-state index contributed by atoms with van der Waals surface area (Å²) in [6, 6.07) is 6.71. The highest BCUT2D eigenvalue weighted by Gasteiger charge is 2.03. The van der Waals surface area contributed by atoms with Gasteiger partial charge in [0.2, 0.25) is 0 Å². The first-order valence-electron chi connectivity index (χ1n) is 2.90. The zero-order valence-electron chi connectivity index (χ0n) is 5.55. The molecule has 4 heteroatoms. The molecule has 0 heterocycles.